The van der Waals surface area contributed by atoms with E-state index in [1.54, 1.807) is 0 Å². The Kier molecular flexibility index (Phi) is 8.64. The molecule has 0 radical (unpaired) electrons. The van der Waals surface area contributed by atoms with Gasteiger partial charge < -0.3 is 9.47 Å². The van der Waals surface area contributed by atoms with Crippen molar-refractivity contribution < 1.29 is 1.43 Å². The second-order valence-corrected chi connectivity index (χ2v) is 16.8. The molecular formula is C62H46N2. The molecular weight excluding hydrogens is 773 g/mol. The zero-order chi connectivity index (χ0) is 41.5. The van der Waals surface area contributed by atoms with E-state index in [0.29, 0.717) is 0 Å². The van der Waals surface area contributed by atoms with Crippen LogP contribution in [0.25, 0.3) is 72.0 Å². The predicted octanol–water partition coefficient (Wildman–Crippen LogP) is 16.8. The van der Waals surface area contributed by atoms with Crippen LogP contribution in [0.3, 0.4) is 0 Å². The van der Waals surface area contributed by atoms with Gasteiger partial charge in [-0.3, -0.25) is 0 Å². The molecule has 1 aromatic heterocycles. The van der Waals surface area contributed by atoms with Crippen molar-refractivity contribution in [1.82, 2.24) is 4.57 Å². The first kappa shape index (κ1) is 37.6. The van der Waals surface area contributed by atoms with Crippen molar-refractivity contribution in [3.63, 3.8) is 0 Å². The van der Waals surface area contributed by atoms with Crippen LogP contribution in [0.4, 0.5) is 17.1 Å². The number of rotatable bonds is 6. The average Bonchev–Trinajstić information content (AvgIpc) is 3.97. The maximum atomic E-state index is 2.47. The van der Waals surface area contributed by atoms with Crippen LogP contribution in [0, 0.1) is 0 Å². The summed E-state index contributed by atoms with van der Waals surface area (Å²) in [5.41, 5.74) is 21.8. The minimum atomic E-state index is -0.426. The molecule has 0 fully saturated rings. The van der Waals surface area contributed by atoms with Crippen LogP contribution >= 0.6 is 0 Å². The van der Waals surface area contributed by atoms with E-state index in [-0.39, 0.29) is 8.85 Å². The summed E-state index contributed by atoms with van der Waals surface area (Å²) in [6.45, 7) is 0. The summed E-state index contributed by atoms with van der Waals surface area (Å²) in [7, 11) is 0. The lowest BCUT2D eigenvalue weighted by Crippen LogP contribution is -2.26. The van der Waals surface area contributed by atoms with E-state index < -0.39 is 5.41 Å². The molecule has 304 valence electrons. The van der Waals surface area contributed by atoms with E-state index in [4.69, 9.17) is 0 Å². The van der Waals surface area contributed by atoms with Crippen LogP contribution in [0.2, 0.25) is 0 Å². The summed E-state index contributed by atoms with van der Waals surface area (Å²) in [5, 5.41) is 2.50. The number of benzene rings is 10. The van der Waals surface area contributed by atoms with Gasteiger partial charge in [0.15, 0.2) is 0 Å². The SMILES string of the molecule is C.[HH].c1ccc(-c2ccc(N(c3ccc(-c4ccc5c(c4)c4ccccc4n5-c4ccccc4)cc3)c3cccc4c3-c3ccccc3C43c4ccccc4-c4ccccc43)cc2)cc1. The van der Waals surface area contributed by atoms with E-state index in [2.05, 4.69) is 252 Å². The average molecular weight is 819 g/mol. The highest BCUT2D eigenvalue weighted by atomic mass is 15.1. The summed E-state index contributed by atoms with van der Waals surface area (Å²) in [6, 6.07) is 89.4. The number of hydrogen-bond acceptors (Lipinski definition) is 1. The minimum absolute atomic E-state index is 0. The molecule has 0 N–H and O–H groups in total. The van der Waals surface area contributed by atoms with Crippen molar-refractivity contribution in [2.75, 3.05) is 4.90 Å². The van der Waals surface area contributed by atoms with Crippen LogP contribution < -0.4 is 4.90 Å². The van der Waals surface area contributed by atoms with Crippen LogP contribution in [-0.4, -0.2) is 4.57 Å². The third-order valence-electron chi connectivity index (χ3n) is 13.6. The fraction of sp³-hybridized carbons (Fsp3) is 0.0323. The first-order valence-electron chi connectivity index (χ1n) is 21.8. The third kappa shape index (κ3) is 5.39. The fourth-order valence-electron chi connectivity index (χ4n) is 11.0. The van der Waals surface area contributed by atoms with Crippen molar-refractivity contribution in [2.24, 2.45) is 0 Å². The summed E-state index contributed by atoms with van der Waals surface area (Å²) < 4.78 is 2.38. The quantitative estimate of drug-likeness (QED) is 0.162. The fourth-order valence-corrected chi connectivity index (χ4v) is 11.0. The molecule has 0 saturated carbocycles. The van der Waals surface area contributed by atoms with Crippen LogP contribution in [0.15, 0.2) is 243 Å². The van der Waals surface area contributed by atoms with Gasteiger partial charge in [-0.05, 0) is 122 Å². The second kappa shape index (κ2) is 14.7. The molecule has 2 aliphatic rings. The van der Waals surface area contributed by atoms with Gasteiger partial charge in [0.1, 0.15) is 0 Å². The Morgan fingerprint density at radius 2 is 0.812 bits per heavy atom. The van der Waals surface area contributed by atoms with Crippen molar-refractivity contribution in [3.8, 4) is 50.2 Å². The number of hydrogen-bond donors (Lipinski definition) is 0. The van der Waals surface area contributed by atoms with Crippen LogP contribution in [0.5, 0.6) is 0 Å². The zero-order valence-corrected chi connectivity index (χ0v) is 34.5. The molecule has 0 aliphatic heterocycles. The van der Waals surface area contributed by atoms with Gasteiger partial charge in [0, 0.05) is 34.8 Å². The first-order valence-corrected chi connectivity index (χ1v) is 21.8. The van der Waals surface area contributed by atoms with E-state index in [1.165, 1.54) is 94.3 Å². The topological polar surface area (TPSA) is 8.17 Å². The van der Waals surface area contributed by atoms with Crippen LogP contribution in [0.1, 0.15) is 31.1 Å². The summed E-state index contributed by atoms with van der Waals surface area (Å²) in [4.78, 5) is 2.47. The monoisotopic (exact) mass is 818 g/mol. The van der Waals surface area contributed by atoms with Crippen molar-refractivity contribution in [2.45, 2.75) is 12.8 Å². The Morgan fingerprint density at radius 1 is 0.344 bits per heavy atom. The highest BCUT2D eigenvalue weighted by Crippen LogP contribution is 2.64. The van der Waals surface area contributed by atoms with Gasteiger partial charge in [0.25, 0.3) is 0 Å². The number of fused-ring (bicyclic) bond motifs is 13. The van der Waals surface area contributed by atoms with Gasteiger partial charge in [0.2, 0.25) is 0 Å². The molecule has 1 spiro atoms. The summed E-state index contributed by atoms with van der Waals surface area (Å²) in [5.74, 6) is 0. The molecule has 2 heteroatoms. The molecule has 0 unspecified atom stereocenters. The van der Waals surface area contributed by atoms with Crippen LogP contribution in [-0.2, 0) is 5.41 Å². The van der Waals surface area contributed by atoms with Gasteiger partial charge in [-0.15, -0.1) is 0 Å². The molecule has 0 atom stereocenters. The Bertz CT molecular complexity index is 3510. The molecule has 64 heavy (non-hydrogen) atoms. The summed E-state index contributed by atoms with van der Waals surface area (Å²) in [6.07, 6.45) is 0. The molecule has 11 aromatic rings. The van der Waals surface area contributed by atoms with E-state index in [1.807, 2.05) is 0 Å². The standard InChI is InChI=1S/C61H40N2.CH4.H2/c1-3-16-41(17-4-1)42-30-35-46(36-31-42)62(47-37-32-43(33-38-47)44-34-39-58-52(40-44)50-22-10-14-28-57(50)63(58)45-18-5-2-6-19-45)59-29-15-27-56-60(59)51-23-9-13-26-55(51)61(56)53-24-11-7-20-48(53)49-21-8-12-25-54(49)61;;/h1-40H;1H4;1H. The molecule has 0 amide bonds. The van der Waals surface area contributed by atoms with Gasteiger partial charge in [0.05, 0.1) is 22.1 Å². The third-order valence-corrected chi connectivity index (χ3v) is 13.6. The van der Waals surface area contributed by atoms with E-state index in [9.17, 15) is 0 Å². The molecule has 2 nitrogen and oxygen atoms in total. The molecule has 0 saturated heterocycles. The zero-order valence-electron chi connectivity index (χ0n) is 34.5. The van der Waals surface area contributed by atoms with E-state index in [0.717, 1.165) is 17.1 Å². The Hall–Kier alpha value is -8.20. The lowest BCUT2D eigenvalue weighted by molar-refractivity contribution is 0.794. The Balaban J connectivity index is 0.00000234. The largest absolute Gasteiger partial charge is 0.310 e. The van der Waals surface area contributed by atoms with Gasteiger partial charge in [-0.1, -0.05) is 189 Å². The van der Waals surface area contributed by atoms with E-state index >= 15 is 0 Å². The number of para-hydroxylation sites is 2. The van der Waals surface area contributed by atoms with Gasteiger partial charge in [-0.25, -0.2) is 0 Å². The minimum Gasteiger partial charge on any atom is -0.310 e. The normalized spacial score (nSPS) is 12.7. The number of aromatic nitrogens is 1. The van der Waals surface area contributed by atoms with Crippen molar-refractivity contribution in [3.05, 3.63) is 265 Å². The number of anilines is 3. The lowest BCUT2D eigenvalue weighted by atomic mass is 9.70. The molecule has 10 aromatic carbocycles. The maximum absolute atomic E-state index is 2.47. The molecule has 13 rings (SSSR count). The van der Waals surface area contributed by atoms with Crippen molar-refractivity contribution >= 4 is 38.9 Å². The molecule has 2 aliphatic carbocycles. The molecule has 1 heterocycles. The molecule has 0 bridgehead atoms. The highest BCUT2D eigenvalue weighted by Gasteiger charge is 2.52. The van der Waals surface area contributed by atoms with Gasteiger partial charge >= 0.3 is 0 Å². The number of nitrogens with zero attached hydrogens (tertiary/aromatic N) is 2. The maximum Gasteiger partial charge on any atom is 0.0726 e. The Labute approximate surface area is 376 Å². The lowest BCUT2D eigenvalue weighted by Gasteiger charge is -2.32. The second-order valence-electron chi connectivity index (χ2n) is 16.8. The van der Waals surface area contributed by atoms with Crippen molar-refractivity contribution in [1.29, 1.82) is 0 Å². The Morgan fingerprint density at radius 3 is 1.47 bits per heavy atom. The van der Waals surface area contributed by atoms with Gasteiger partial charge in [-0.2, -0.15) is 0 Å². The highest BCUT2D eigenvalue weighted by molar-refractivity contribution is 6.10. The smallest absolute Gasteiger partial charge is 0.0726 e. The first-order chi connectivity index (χ1) is 31.3. The summed E-state index contributed by atoms with van der Waals surface area (Å²) >= 11 is 0. The predicted molar refractivity (Wildman–Crippen MR) is 271 cm³/mol.